The van der Waals surface area contributed by atoms with Gasteiger partial charge in [0, 0.05) is 22.9 Å². The van der Waals surface area contributed by atoms with Crippen LogP contribution in [0.5, 0.6) is 0 Å². The number of rotatable bonds is 5. The van der Waals surface area contributed by atoms with Crippen molar-refractivity contribution >= 4 is 23.4 Å². The van der Waals surface area contributed by atoms with Crippen molar-refractivity contribution in [3.05, 3.63) is 54.6 Å². The molecule has 0 unspecified atom stereocenters. The normalized spacial score (nSPS) is 16.5. The van der Waals surface area contributed by atoms with Crippen LogP contribution in [0.2, 0.25) is 0 Å². The smallest absolute Gasteiger partial charge is 0.241 e. The Morgan fingerprint density at radius 2 is 1.75 bits per heavy atom. The molecule has 3 rings (SSSR count). The number of ether oxygens (including phenoxy) is 1. The first-order valence-electron chi connectivity index (χ1n) is 8.18. The quantitative estimate of drug-likeness (QED) is 0.903. The van der Waals surface area contributed by atoms with E-state index < -0.39 is 0 Å². The minimum Gasteiger partial charge on any atom is -0.379 e. The summed E-state index contributed by atoms with van der Waals surface area (Å²) in [7, 11) is 0. The van der Waals surface area contributed by atoms with E-state index in [1.807, 2.05) is 49.4 Å². The molecule has 1 fully saturated rings. The highest BCUT2D eigenvalue weighted by Gasteiger charge is 2.23. The summed E-state index contributed by atoms with van der Waals surface area (Å²) in [6, 6.07) is 17.9. The van der Waals surface area contributed by atoms with Crippen molar-refractivity contribution in [2.75, 3.05) is 31.6 Å². The van der Waals surface area contributed by atoms with Crippen LogP contribution < -0.4 is 5.32 Å². The summed E-state index contributed by atoms with van der Waals surface area (Å²) in [5, 5.41) is 3.09. The molecule has 0 radical (unpaired) electrons. The third kappa shape index (κ3) is 4.38. The van der Waals surface area contributed by atoms with Gasteiger partial charge in [0.05, 0.1) is 24.9 Å². The standard InChI is InChI=1S/C19H22N2O2S/c1-15(21-11-13-23-14-12-21)19(22)20-17-9-5-6-10-18(17)24-16-7-3-2-4-8-16/h2-10,15H,11-14H2,1H3,(H,20,22)/t15-/m1/s1. The molecule has 1 heterocycles. The van der Waals surface area contributed by atoms with E-state index in [2.05, 4.69) is 22.3 Å². The predicted molar refractivity (Wildman–Crippen MR) is 97.5 cm³/mol. The van der Waals surface area contributed by atoms with Crippen molar-refractivity contribution in [3.8, 4) is 0 Å². The van der Waals surface area contributed by atoms with Crippen molar-refractivity contribution in [1.29, 1.82) is 0 Å². The minimum atomic E-state index is -0.163. The third-order valence-corrected chi connectivity index (χ3v) is 5.17. The van der Waals surface area contributed by atoms with E-state index in [1.165, 1.54) is 0 Å². The van der Waals surface area contributed by atoms with E-state index in [0.29, 0.717) is 13.2 Å². The number of anilines is 1. The fraction of sp³-hybridized carbons (Fsp3) is 0.316. The van der Waals surface area contributed by atoms with Crippen molar-refractivity contribution in [2.45, 2.75) is 22.8 Å². The summed E-state index contributed by atoms with van der Waals surface area (Å²) in [5.41, 5.74) is 0.858. The number of nitrogens with zero attached hydrogens (tertiary/aromatic N) is 1. The summed E-state index contributed by atoms with van der Waals surface area (Å²) in [6.07, 6.45) is 0. The van der Waals surface area contributed by atoms with E-state index in [1.54, 1.807) is 11.8 Å². The zero-order chi connectivity index (χ0) is 16.8. The first kappa shape index (κ1) is 17.0. The van der Waals surface area contributed by atoms with Gasteiger partial charge in [0.25, 0.3) is 0 Å². The molecule has 1 N–H and O–H groups in total. The van der Waals surface area contributed by atoms with Crippen molar-refractivity contribution < 1.29 is 9.53 Å². The molecule has 24 heavy (non-hydrogen) atoms. The summed E-state index contributed by atoms with van der Waals surface area (Å²) in [5.74, 6) is 0.0259. The van der Waals surface area contributed by atoms with Gasteiger partial charge < -0.3 is 10.1 Å². The monoisotopic (exact) mass is 342 g/mol. The Bertz CT molecular complexity index is 672. The first-order valence-corrected chi connectivity index (χ1v) is 9.00. The van der Waals surface area contributed by atoms with Gasteiger partial charge in [-0.15, -0.1) is 0 Å². The van der Waals surface area contributed by atoms with Crippen LogP contribution >= 0.6 is 11.8 Å². The van der Waals surface area contributed by atoms with E-state index >= 15 is 0 Å². The van der Waals surface area contributed by atoms with Crippen LogP contribution in [0.25, 0.3) is 0 Å². The maximum Gasteiger partial charge on any atom is 0.241 e. The van der Waals surface area contributed by atoms with Gasteiger partial charge in [0.1, 0.15) is 0 Å². The lowest BCUT2D eigenvalue weighted by atomic mass is 10.2. The minimum absolute atomic E-state index is 0.0259. The lowest BCUT2D eigenvalue weighted by Crippen LogP contribution is -2.47. The van der Waals surface area contributed by atoms with Crippen molar-refractivity contribution in [3.63, 3.8) is 0 Å². The highest BCUT2D eigenvalue weighted by molar-refractivity contribution is 7.99. The van der Waals surface area contributed by atoms with Crippen LogP contribution in [0, 0.1) is 0 Å². The zero-order valence-corrected chi connectivity index (χ0v) is 14.6. The Hall–Kier alpha value is -1.82. The van der Waals surface area contributed by atoms with Gasteiger partial charge >= 0.3 is 0 Å². The molecule has 2 aromatic carbocycles. The molecule has 1 aliphatic rings. The Morgan fingerprint density at radius 3 is 2.50 bits per heavy atom. The molecule has 1 aliphatic heterocycles. The largest absolute Gasteiger partial charge is 0.379 e. The Balaban J connectivity index is 1.69. The van der Waals surface area contributed by atoms with Gasteiger partial charge in [-0.05, 0) is 31.2 Å². The Morgan fingerprint density at radius 1 is 1.08 bits per heavy atom. The highest BCUT2D eigenvalue weighted by Crippen LogP contribution is 2.33. The summed E-state index contributed by atoms with van der Waals surface area (Å²) >= 11 is 1.66. The second-order valence-electron chi connectivity index (χ2n) is 5.72. The van der Waals surface area contributed by atoms with Gasteiger partial charge in [-0.2, -0.15) is 0 Å². The maximum absolute atomic E-state index is 12.6. The first-order chi connectivity index (χ1) is 11.7. The van der Waals surface area contributed by atoms with E-state index in [4.69, 9.17) is 4.74 Å². The van der Waals surface area contributed by atoms with Gasteiger partial charge in [-0.3, -0.25) is 9.69 Å². The third-order valence-electron chi connectivity index (χ3n) is 4.09. The van der Waals surface area contributed by atoms with Crippen LogP contribution in [-0.4, -0.2) is 43.2 Å². The molecule has 4 nitrogen and oxygen atoms in total. The van der Waals surface area contributed by atoms with Crippen molar-refractivity contribution in [2.24, 2.45) is 0 Å². The van der Waals surface area contributed by atoms with Crippen LogP contribution in [0.1, 0.15) is 6.92 Å². The summed E-state index contributed by atoms with van der Waals surface area (Å²) < 4.78 is 5.36. The number of para-hydroxylation sites is 1. The highest BCUT2D eigenvalue weighted by atomic mass is 32.2. The predicted octanol–water partition coefficient (Wildman–Crippen LogP) is 3.50. The van der Waals surface area contributed by atoms with E-state index in [0.717, 1.165) is 28.6 Å². The number of hydrogen-bond donors (Lipinski definition) is 1. The molecule has 0 aromatic heterocycles. The molecule has 1 saturated heterocycles. The Labute approximate surface area is 147 Å². The maximum atomic E-state index is 12.6. The number of nitrogens with one attached hydrogen (secondary N) is 1. The van der Waals surface area contributed by atoms with Crippen LogP contribution in [0.15, 0.2) is 64.4 Å². The molecule has 5 heteroatoms. The van der Waals surface area contributed by atoms with Crippen LogP contribution in [0.4, 0.5) is 5.69 Å². The fourth-order valence-electron chi connectivity index (χ4n) is 2.64. The number of benzene rings is 2. The number of hydrogen-bond acceptors (Lipinski definition) is 4. The van der Waals surface area contributed by atoms with Crippen molar-refractivity contribution in [1.82, 2.24) is 4.90 Å². The molecular formula is C19H22N2O2S. The lowest BCUT2D eigenvalue weighted by Gasteiger charge is -2.31. The SMILES string of the molecule is C[C@H](C(=O)Nc1ccccc1Sc1ccccc1)N1CCOCC1. The molecular weight excluding hydrogens is 320 g/mol. The fourth-order valence-corrected chi connectivity index (χ4v) is 3.56. The van der Waals surface area contributed by atoms with Crippen LogP contribution in [0.3, 0.4) is 0 Å². The second kappa shape index (κ2) is 8.33. The molecule has 0 aliphatic carbocycles. The lowest BCUT2D eigenvalue weighted by molar-refractivity contribution is -0.122. The number of amides is 1. The number of carbonyl (C=O) groups excluding carboxylic acids is 1. The van der Waals surface area contributed by atoms with Gasteiger partial charge in [0.2, 0.25) is 5.91 Å². The number of carbonyl (C=O) groups is 1. The molecule has 0 bridgehead atoms. The molecule has 126 valence electrons. The number of morpholine rings is 1. The average Bonchev–Trinajstić information content (AvgIpc) is 2.64. The van der Waals surface area contributed by atoms with Gasteiger partial charge in [-0.1, -0.05) is 42.1 Å². The zero-order valence-electron chi connectivity index (χ0n) is 13.8. The molecule has 0 spiro atoms. The topological polar surface area (TPSA) is 41.6 Å². The van der Waals surface area contributed by atoms with Crippen LogP contribution in [-0.2, 0) is 9.53 Å². The summed E-state index contributed by atoms with van der Waals surface area (Å²) in [4.78, 5) is 17.0. The second-order valence-corrected chi connectivity index (χ2v) is 6.84. The summed E-state index contributed by atoms with van der Waals surface area (Å²) in [6.45, 7) is 4.94. The van der Waals surface area contributed by atoms with E-state index in [-0.39, 0.29) is 11.9 Å². The van der Waals surface area contributed by atoms with E-state index in [9.17, 15) is 4.79 Å². The average molecular weight is 342 g/mol. The molecule has 2 aromatic rings. The molecule has 0 saturated carbocycles. The van der Waals surface area contributed by atoms with Gasteiger partial charge in [-0.25, -0.2) is 0 Å². The Kier molecular flexibility index (Phi) is 5.91. The van der Waals surface area contributed by atoms with Gasteiger partial charge in [0.15, 0.2) is 0 Å². The molecule has 1 amide bonds. The molecule has 1 atom stereocenters.